The summed E-state index contributed by atoms with van der Waals surface area (Å²) >= 11 is 0. The molecule has 0 saturated heterocycles. The van der Waals surface area contributed by atoms with Crippen molar-refractivity contribution in [2.24, 2.45) is 0 Å². The molecule has 0 fully saturated rings. The molecule has 0 spiro atoms. The van der Waals surface area contributed by atoms with Crippen molar-refractivity contribution in [2.75, 3.05) is 5.32 Å². The molecule has 0 atom stereocenters. The van der Waals surface area contributed by atoms with Gasteiger partial charge < -0.3 is 5.32 Å². The Morgan fingerprint density at radius 2 is 1.16 bits per heavy atom. The molecule has 180 valence electrons. The quantitative estimate of drug-likeness (QED) is 0.273. The van der Waals surface area contributed by atoms with Crippen molar-refractivity contribution in [1.29, 1.82) is 0 Å². The number of hydrogen-bond acceptors (Lipinski definition) is 1. The summed E-state index contributed by atoms with van der Waals surface area (Å²) in [6, 6.07) is 40.1. The van der Waals surface area contributed by atoms with Gasteiger partial charge in [0, 0.05) is 22.2 Å². The second-order valence-corrected chi connectivity index (χ2v) is 11.5. The minimum atomic E-state index is -0.107. The van der Waals surface area contributed by atoms with Gasteiger partial charge in [-0.05, 0) is 79.9 Å². The Balaban J connectivity index is 1.30. The smallest absolute Gasteiger partial charge is 0.0431 e. The van der Waals surface area contributed by atoms with E-state index in [0.717, 1.165) is 5.69 Å². The van der Waals surface area contributed by atoms with E-state index in [1.165, 1.54) is 61.3 Å². The van der Waals surface area contributed by atoms with Gasteiger partial charge in [-0.3, -0.25) is 0 Å². The Hall–Kier alpha value is -4.10. The lowest BCUT2D eigenvalue weighted by atomic mass is 9.80. The molecule has 0 aromatic heterocycles. The molecular weight excluding hydrogens is 446 g/mol. The molecule has 0 heterocycles. The zero-order valence-corrected chi connectivity index (χ0v) is 21.9. The van der Waals surface area contributed by atoms with Gasteiger partial charge in [0.15, 0.2) is 0 Å². The third-order valence-corrected chi connectivity index (χ3v) is 8.64. The zero-order valence-electron chi connectivity index (χ0n) is 21.9. The first kappa shape index (κ1) is 22.1. The SMILES string of the molecule is CC1(C)c2ccccc2-c2cc(Nc3cccc4c3C(C)(C)c3cc(-c5ccccc5)ccc3-4)ccc21. The minimum absolute atomic E-state index is 0.0263. The molecule has 0 unspecified atom stereocenters. The summed E-state index contributed by atoms with van der Waals surface area (Å²) in [4.78, 5) is 0. The zero-order chi connectivity index (χ0) is 25.4. The van der Waals surface area contributed by atoms with Gasteiger partial charge in [0.05, 0.1) is 0 Å². The van der Waals surface area contributed by atoms with E-state index in [2.05, 4.69) is 142 Å². The standard InChI is InChI=1S/C36H31N/c1-35(2)30-15-9-8-13-26(30)29-22-25(18-20-31(29)35)37-33-16-10-14-28-27-19-17-24(23-11-6-5-7-12-23)21-32(27)36(3,4)34(28)33/h5-22,37H,1-4H3. The third-order valence-electron chi connectivity index (χ3n) is 8.64. The molecule has 0 amide bonds. The van der Waals surface area contributed by atoms with E-state index < -0.39 is 0 Å². The number of hydrogen-bond donors (Lipinski definition) is 1. The first-order chi connectivity index (χ1) is 17.9. The fraction of sp³-hybridized carbons (Fsp3) is 0.167. The van der Waals surface area contributed by atoms with Crippen LogP contribution in [0.5, 0.6) is 0 Å². The highest BCUT2D eigenvalue weighted by molar-refractivity contribution is 5.90. The van der Waals surface area contributed by atoms with Crippen LogP contribution < -0.4 is 5.32 Å². The third kappa shape index (κ3) is 3.17. The van der Waals surface area contributed by atoms with Crippen molar-refractivity contribution in [2.45, 2.75) is 38.5 Å². The van der Waals surface area contributed by atoms with Gasteiger partial charge in [0.1, 0.15) is 0 Å². The maximum absolute atomic E-state index is 3.83. The number of fused-ring (bicyclic) bond motifs is 6. The average Bonchev–Trinajstić information content (AvgIpc) is 3.29. The van der Waals surface area contributed by atoms with Crippen molar-refractivity contribution in [1.82, 2.24) is 0 Å². The summed E-state index contributed by atoms with van der Waals surface area (Å²) in [5, 5.41) is 3.83. The first-order valence-electron chi connectivity index (χ1n) is 13.2. The fourth-order valence-corrected chi connectivity index (χ4v) is 6.75. The number of anilines is 2. The van der Waals surface area contributed by atoms with Crippen molar-refractivity contribution < 1.29 is 0 Å². The van der Waals surface area contributed by atoms with Crippen LogP contribution in [-0.2, 0) is 10.8 Å². The molecule has 0 aliphatic heterocycles. The van der Waals surface area contributed by atoms with Crippen LogP contribution in [0.4, 0.5) is 11.4 Å². The molecule has 1 nitrogen and oxygen atoms in total. The van der Waals surface area contributed by atoms with Crippen LogP contribution in [0.3, 0.4) is 0 Å². The number of nitrogens with one attached hydrogen (secondary N) is 1. The van der Waals surface area contributed by atoms with Gasteiger partial charge in [-0.1, -0.05) is 113 Å². The molecule has 1 heteroatoms. The molecule has 5 aromatic carbocycles. The molecule has 2 aliphatic carbocycles. The predicted molar refractivity (Wildman–Crippen MR) is 157 cm³/mol. The molecule has 7 rings (SSSR count). The molecule has 0 radical (unpaired) electrons. The molecule has 0 saturated carbocycles. The average molecular weight is 478 g/mol. The Bertz CT molecular complexity index is 1690. The molecule has 5 aromatic rings. The summed E-state index contributed by atoms with van der Waals surface area (Å²) in [5.41, 5.74) is 15.7. The summed E-state index contributed by atoms with van der Waals surface area (Å²) < 4.78 is 0. The number of benzene rings is 5. The topological polar surface area (TPSA) is 12.0 Å². The Labute approximate surface area is 219 Å². The summed E-state index contributed by atoms with van der Waals surface area (Å²) in [6.07, 6.45) is 0. The Kier molecular flexibility index (Phi) is 4.60. The van der Waals surface area contributed by atoms with Crippen LogP contribution in [0.2, 0.25) is 0 Å². The maximum Gasteiger partial charge on any atom is 0.0431 e. The van der Waals surface area contributed by atoms with Crippen molar-refractivity contribution in [3.63, 3.8) is 0 Å². The van der Waals surface area contributed by atoms with Gasteiger partial charge in [-0.25, -0.2) is 0 Å². The largest absolute Gasteiger partial charge is 0.355 e. The predicted octanol–water partition coefficient (Wildman–Crippen LogP) is 9.71. The molecule has 2 aliphatic rings. The minimum Gasteiger partial charge on any atom is -0.355 e. The van der Waals surface area contributed by atoms with Crippen molar-refractivity contribution >= 4 is 11.4 Å². The Morgan fingerprint density at radius 3 is 2.00 bits per heavy atom. The molecule has 0 bridgehead atoms. The van der Waals surface area contributed by atoms with Crippen LogP contribution in [0, 0.1) is 0 Å². The second-order valence-electron chi connectivity index (χ2n) is 11.5. The normalized spacial score (nSPS) is 15.5. The van der Waals surface area contributed by atoms with Crippen LogP contribution in [-0.4, -0.2) is 0 Å². The fourth-order valence-electron chi connectivity index (χ4n) is 6.75. The Morgan fingerprint density at radius 1 is 0.459 bits per heavy atom. The summed E-state index contributed by atoms with van der Waals surface area (Å²) in [7, 11) is 0. The van der Waals surface area contributed by atoms with E-state index in [9.17, 15) is 0 Å². The van der Waals surface area contributed by atoms with E-state index in [-0.39, 0.29) is 10.8 Å². The van der Waals surface area contributed by atoms with Gasteiger partial charge in [-0.15, -0.1) is 0 Å². The van der Waals surface area contributed by atoms with Crippen LogP contribution in [0.15, 0.2) is 109 Å². The van der Waals surface area contributed by atoms with Crippen LogP contribution >= 0.6 is 0 Å². The summed E-state index contributed by atoms with van der Waals surface area (Å²) in [6.45, 7) is 9.38. The van der Waals surface area contributed by atoms with E-state index in [1.807, 2.05) is 0 Å². The highest BCUT2D eigenvalue weighted by Gasteiger charge is 2.38. The lowest BCUT2D eigenvalue weighted by molar-refractivity contribution is 0.660. The highest BCUT2D eigenvalue weighted by atomic mass is 14.9. The second kappa shape index (κ2) is 7.70. The van der Waals surface area contributed by atoms with E-state index >= 15 is 0 Å². The first-order valence-corrected chi connectivity index (χ1v) is 13.2. The van der Waals surface area contributed by atoms with Gasteiger partial charge in [0.25, 0.3) is 0 Å². The van der Waals surface area contributed by atoms with Crippen molar-refractivity contribution in [3.05, 3.63) is 131 Å². The highest BCUT2D eigenvalue weighted by Crippen LogP contribution is 2.53. The van der Waals surface area contributed by atoms with E-state index in [4.69, 9.17) is 0 Å². The molecular formula is C36H31N. The monoisotopic (exact) mass is 477 g/mol. The maximum atomic E-state index is 3.83. The van der Waals surface area contributed by atoms with Crippen molar-refractivity contribution in [3.8, 4) is 33.4 Å². The van der Waals surface area contributed by atoms with E-state index in [1.54, 1.807) is 0 Å². The van der Waals surface area contributed by atoms with Gasteiger partial charge in [0.2, 0.25) is 0 Å². The van der Waals surface area contributed by atoms with Gasteiger partial charge in [-0.2, -0.15) is 0 Å². The van der Waals surface area contributed by atoms with E-state index in [0.29, 0.717) is 0 Å². The lowest BCUT2D eigenvalue weighted by Crippen LogP contribution is -2.17. The molecule has 1 N–H and O–H groups in total. The van der Waals surface area contributed by atoms with Crippen LogP contribution in [0.1, 0.15) is 49.9 Å². The lowest BCUT2D eigenvalue weighted by Gasteiger charge is -2.25. The van der Waals surface area contributed by atoms with Crippen LogP contribution in [0.25, 0.3) is 33.4 Å². The van der Waals surface area contributed by atoms with Gasteiger partial charge >= 0.3 is 0 Å². The number of rotatable bonds is 3. The summed E-state index contributed by atoms with van der Waals surface area (Å²) in [5.74, 6) is 0. The molecule has 37 heavy (non-hydrogen) atoms.